The highest BCUT2D eigenvalue weighted by molar-refractivity contribution is 7.92. The fourth-order valence-corrected chi connectivity index (χ4v) is 6.97. The minimum atomic E-state index is -3.74. The number of nitrogens with zero attached hydrogens (tertiary/aromatic N) is 4. The number of hydrogen-bond acceptors (Lipinski definition) is 8. The van der Waals surface area contributed by atoms with E-state index in [2.05, 4.69) is 41.4 Å². The van der Waals surface area contributed by atoms with Crippen LogP contribution in [0.2, 0.25) is 0 Å². The van der Waals surface area contributed by atoms with Crippen molar-refractivity contribution in [3.8, 4) is 11.3 Å². The minimum Gasteiger partial charge on any atom is -0.378 e. The van der Waals surface area contributed by atoms with Crippen molar-refractivity contribution in [2.45, 2.75) is 31.1 Å². The molecule has 12 heteroatoms. The van der Waals surface area contributed by atoms with E-state index in [1.807, 2.05) is 42.5 Å². The predicted molar refractivity (Wildman–Crippen MR) is 173 cm³/mol. The van der Waals surface area contributed by atoms with Crippen molar-refractivity contribution in [1.29, 1.82) is 0 Å². The first-order chi connectivity index (χ1) is 21.3. The van der Waals surface area contributed by atoms with Gasteiger partial charge in [0.05, 0.1) is 18.6 Å². The highest BCUT2D eigenvalue weighted by Crippen LogP contribution is 2.32. The lowest BCUT2D eigenvalue weighted by molar-refractivity contribution is -0.117. The Hall–Kier alpha value is -4.42. The molecule has 4 aromatic rings. The summed E-state index contributed by atoms with van der Waals surface area (Å²) < 4.78 is 35.1. The number of benzene rings is 2. The number of nitrogens with one attached hydrogen (secondary N) is 3. The van der Waals surface area contributed by atoms with E-state index in [0.717, 1.165) is 66.3 Å². The highest BCUT2D eigenvalue weighted by Gasteiger charge is 2.26. The largest absolute Gasteiger partial charge is 0.378 e. The van der Waals surface area contributed by atoms with Crippen molar-refractivity contribution < 1.29 is 17.9 Å². The van der Waals surface area contributed by atoms with Crippen LogP contribution in [0.25, 0.3) is 22.3 Å². The Bertz CT molecular complexity index is 1750. The summed E-state index contributed by atoms with van der Waals surface area (Å²) in [6.45, 7) is 9.61. The van der Waals surface area contributed by atoms with Crippen LogP contribution in [0.3, 0.4) is 0 Å². The molecule has 0 bridgehead atoms. The zero-order valence-corrected chi connectivity index (χ0v) is 25.5. The van der Waals surface area contributed by atoms with Gasteiger partial charge in [0.2, 0.25) is 15.9 Å². The SMILES string of the molecule is C=CC(=O)N[C@@H]1CCCN(c2cccc(C(C)S(=O)(=O)Nc3ccc(-c4cc5c(N6CCOCC6)ncnc5[nH]4)cc3)c2)C1. The molecule has 2 aromatic heterocycles. The van der Waals surface area contributed by atoms with Crippen LogP contribution in [0.5, 0.6) is 0 Å². The zero-order chi connectivity index (χ0) is 30.7. The van der Waals surface area contributed by atoms with Crippen LogP contribution in [-0.4, -0.2) is 74.7 Å². The Balaban J connectivity index is 1.14. The quantitative estimate of drug-likeness (QED) is 0.238. The predicted octanol–water partition coefficient (Wildman–Crippen LogP) is 4.24. The van der Waals surface area contributed by atoms with Crippen molar-refractivity contribution in [2.24, 2.45) is 0 Å². The number of sulfonamides is 1. The molecule has 2 aliphatic heterocycles. The van der Waals surface area contributed by atoms with E-state index in [1.54, 1.807) is 25.4 Å². The van der Waals surface area contributed by atoms with Gasteiger partial charge in [0, 0.05) is 49.3 Å². The lowest BCUT2D eigenvalue weighted by Crippen LogP contribution is -2.47. The van der Waals surface area contributed by atoms with E-state index in [-0.39, 0.29) is 11.9 Å². The van der Waals surface area contributed by atoms with E-state index < -0.39 is 15.3 Å². The first-order valence-electron chi connectivity index (χ1n) is 14.9. The Morgan fingerprint density at radius 2 is 1.89 bits per heavy atom. The molecule has 2 atom stereocenters. The maximum Gasteiger partial charge on any atom is 0.243 e. The number of anilines is 3. The second kappa shape index (κ2) is 12.7. The molecule has 0 spiro atoms. The van der Waals surface area contributed by atoms with E-state index in [9.17, 15) is 13.2 Å². The van der Waals surface area contributed by atoms with Crippen LogP contribution >= 0.6 is 0 Å². The van der Waals surface area contributed by atoms with Crippen molar-refractivity contribution >= 4 is 44.2 Å². The van der Waals surface area contributed by atoms with Crippen LogP contribution in [0, 0.1) is 0 Å². The molecule has 0 saturated carbocycles. The Kier molecular flexibility index (Phi) is 8.53. The second-order valence-electron chi connectivity index (χ2n) is 11.2. The average Bonchev–Trinajstić information content (AvgIpc) is 3.50. The average molecular weight is 616 g/mol. The first kappa shape index (κ1) is 29.6. The summed E-state index contributed by atoms with van der Waals surface area (Å²) in [5, 5.41) is 3.13. The third kappa shape index (κ3) is 6.41. The Morgan fingerprint density at radius 3 is 2.66 bits per heavy atom. The number of H-pyrrole nitrogens is 1. The van der Waals surface area contributed by atoms with Gasteiger partial charge in [-0.3, -0.25) is 9.52 Å². The second-order valence-corrected chi connectivity index (χ2v) is 13.2. The molecule has 11 nitrogen and oxygen atoms in total. The van der Waals surface area contributed by atoms with Crippen LogP contribution in [0.4, 0.5) is 17.2 Å². The number of morpholine rings is 1. The van der Waals surface area contributed by atoms with Gasteiger partial charge in [0.15, 0.2) is 0 Å². The van der Waals surface area contributed by atoms with Crippen LogP contribution in [0.1, 0.15) is 30.6 Å². The standard InChI is InChI=1S/C32H37N7O4S/c1-3-30(40)35-26-7-5-13-39(20-26)27-8-4-6-24(18-27)22(2)44(41,42)37-25-11-9-23(10-12-25)29-19-28-31(36-29)33-21-34-32(28)38-14-16-43-17-15-38/h3-4,6,8-12,18-19,21-22,26,37H,1,5,7,13-17,20H2,2H3,(H,35,40)(H,33,34,36)/t22?,26-/m1/s1. The number of carbonyl (C=O) groups excluding carboxylic acids is 1. The topological polar surface area (TPSA) is 133 Å². The number of piperidine rings is 1. The fraction of sp³-hybridized carbons (Fsp3) is 0.344. The summed E-state index contributed by atoms with van der Waals surface area (Å²) in [6.07, 6.45) is 4.67. The Labute approximate surface area is 257 Å². The highest BCUT2D eigenvalue weighted by atomic mass is 32.2. The van der Waals surface area contributed by atoms with Crippen LogP contribution in [-0.2, 0) is 19.6 Å². The third-order valence-corrected chi connectivity index (χ3v) is 10.0. The number of carbonyl (C=O) groups is 1. The van der Waals surface area contributed by atoms with Crippen LogP contribution in [0.15, 0.2) is 73.6 Å². The molecule has 0 aliphatic carbocycles. The molecule has 2 aliphatic rings. The molecular formula is C32H37N7O4S. The van der Waals surface area contributed by atoms with Crippen molar-refractivity contribution in [1.82, 2.24) is 20.3 Å². The molecule has 4 heterocycles. The van der Waals surface area contributed by atoms with Gasteiger partial charge in [-0.25, -0.2) is 18.4 Å². The number of rotatable bonds is 9. The minimum absolute atomic E-state index is 0.0211. The fourth-order valence-electron chi connectivity index (χ4n) is 5.82. The van der Waals surface area contributed by atoms with Crippen LogP contribution < -0.4 is 19.8 Å². The van der Waals surface area contributed by atoms with Gasteiger partial charge in [-0.15, -0.1) is 0 Å². The van der Waals surface area contributed by atoms with E-state index >= 15 is 0 Å². The van der Waals surface area contributed by atoms with Crippen molar-refractivity contribution in [3.05, 3.63) is 79.1 Å². The molecular weight excluding hydrogens is 578 g/mol. The number of aromatic amines is 1. The number of aromatic nitrogens is 3. The third-order valence-electron chi connectivity index (χ3n) is 8.29. The van der Waals surface area contributed by atoms with Gasteiger partial charge < -0.3 is 24.8 Å². The van der Waals surface area contributed by atoms with Gasteiger partial charge in [-0.05, 0) is 67.3 Å². The number of ether oxygens (including phenoxy) is 1. The monoisotopic (exact) mass is 615 g/mol. The summed E-state index contributed by atoms with van der Waals surface area (Å²) in [5.41, 5.74) is 4.64. The van der Waals surface area contributed by atoms with Gasteiger partial charge in [0.25, 0.3) is 0 Å². The number of amides is 1. The van der Waals surface area contributed by atoms with E-state index in [0.29, 0.717) is 31.0 Å². The number of hydrogen-bond donors (Lipinski definition) is 3. The van der Waals surface area contributed by atoms with E-state index in [4.69, 9.17) is 4.74 Å². The molecule has 230 valence electrons. The summed E-state index contributed by atoms with van der Waals surface area (Å²) in [5.74, 6) is 0.695. The molecule has 0 radical (unpaired) electrons. The maximum absolute atomic E-state index is 13.4. The molecule has 1 amide bonds. The Morgan fingerprint density at radius 1 is 1.09 bits per heavy atom. The van der Waals surface area contributed by atoms with Crippen molar-refractivity contribution in [2.75, 3.05) is 53.9 Å². The van der Waals surface area contributed by atoms with Gasteiger partial charge in [-0.2, -0.15) is 0 Å². The molecule has 2 saturated heterocycles. The lowest BCUT2D eigenvalue weighted by Gasteiger charge is -2.35. The molecule has 1 unspecified atom stereocenters. The molecule has 2 aromatic carbocycles. The summed E-state index contributed by atoms with van der Waals surface area (Å²) in [4.78, 5) is 28.5. The molecule has 6 rings (SSSR count). The summed E-state index contributed by atoms with van der Waals surface area (Å²) >= 11 is 0. The normalized spacial score (nSPS) is 18.2. The van der Waals surface area contributed by atoms with Gasteiger partial charge >= 0.3 is 0 Å². The first-order valence-corrected chi connectivity index (χ1v) is 16.4. The number of fused-ring (bicyclic) bond motifs is 1. The molecule has 44 heavy (non-hydrogen) atoms. The molecule has 3 N–H and O–H groups in total. The summed E-state index contributed by atoms with van der Waals surface area (Å²) in [7, 11) is -3.74. The zero-order valence-electron chi connectivity index (χ0n) is 24.7. The molecule has 2 fully saturated rings. The summed E-state index contributed by atoms with van der Waals surface area (Å²) in [6, 6.07) is 17.0. The van der Waals surface area contributed by atoms with Crippen molar-refractivity contribution in [3.63, 3.8) is 0 Å². The van der Waals surface area contributed by atoms with Gasteiger partial charge in [-0.1, -0.05) is 30.8 Å². The smallest absolute Gasteiger partial charge is 0.243 e. The van der Waals surface area contributed by atoms with E-state index in [1.165, 1.54) is 6.08 Å². The maximum atomic E-state index is 13.4. The lowest BCUT2D eigenvalue weighted by atomic mass is 10.0. The van der Waals surface area contributed by atoms with Gasteiger partial charge in [0.1, 0.15) is 23.0 Å².